The van der Waals surface area contributed by atoms with Gasteiger partial charge in [0.15, 0.2) is 0 Å². The fourth-order valence-electron chi connectivity index (χ4n) is 5.55. The molecule has 32 heavy (non-hydrogen) atoms. The van der Waals surface area contributed by atoms with Crippen molar-refractivity contribution in [2.75, 3.05) is 0 Å². The van der Waals surface area contributed by atoms with Gasteiger partial charge in [0, 0.05) is 0 Å². The van der Waals surface area contributed by atoms with Gasteiger partial charge < -0.3 is 24.8 Å². The molecule has 0 saturated heterocycles. The average molecular weight is 565 g/mol. The van der Waals surface area contributed by atoms with Gasteiger partial charge in [-0.15, -0.1) is 0 Å². The minimum atomic E-state index is -0.798. The number of hydrogen-bond donors (Lipinski definition) is 0. The van der Waals surface area contributed by atoms with Crippen LogP contribution in [-0.2, 0) is 23.2 Å². The Morgan fingerprint density at radius 2 is 1.41 bits per heavy atom. The van der Waals surface area contributed by atoms with Gasteiger partial charge in [-0.1, -0.05) is 0 Å². The maximum absolute atomic E-state index is 2.60. The van der Waals surface area contributed by atoms with Gasteiger partial charge in [0.05, 0.1) is 0 Å². The van der Waals surface area contributed by atoms with Gasteiger partial charge in [0.25, 0.3) is 0 Å². The van der Waals surface area contributed by atoms with Crippen LogP contribution in [0.1, 0.15) is 82.2 Å². The van der Waals surface area contributed by atoms with Gasteiger partial charge >= 0.3 is 197 Å². The standard InChI is InChI=1S/C17H24P.C11H11.2ClH.Zr/c1-16(2,3)18(17(4,5)6)15-11-13-9-7-8-10-14(13)12-15;1-8-6-7-9(2)11-5-3-4-10(8)11;;;/h7-12H,1-6H3;3-7H,1-2H3;2*1H;/q;;;;+2/p-2. The van der Waals surface area contributed by atoms with E-state index in [2.05, 4.69) is 110 Å². The molecule has 170 valence electrons. The number of benzene rings is 2. The van der Waals surface area contributed by atoms with Crippen LogP contribution in [0.4, 0.5) is 0 Å². The van der Waals surface area contributed by atoms with E-state index in [0.717, 1.165) is 0 Å². The number of hydrogen-bond acceptors (Lipinski definition) is 0. The molecule has 4 rings (SSSR count). The van der Waals surface area contributed by atoms with E-state index >= 15 is 0 Å². The zero-order valence-corrected chi connectivity index (χ0v) is 25.4. The van der Waals surface area contributed by atoms with Crippen molar-refractivity contribution in [2.24, 2.45) is 0 Å². The third-order valence-corrected chi connectivity index (χ3v) is 14.9. The molecule has 2 unspecified atom stereocenters. The first-order chi connectivity index (χ1) is 14.0. The normalized spacial score (nSPS) is 19.0. The van der Waals surface area contributed by atoms with Crippen LogP contribution >= 0.6 is 7.92 Å². The molecule has 2 aliphatic rings. The monoisotopic (exact) mass is 562 g/mol. The molecule has 0 radical (unpaired) electrons. The summed E-state index contributed by atoms with van der Waals surface area (Å²) in [7, 11) is -0.251. The van der Waals surface area contributed by atoms with Crippen molar-refractivity contribution in [3.05, 3.63) is 81.2 Å². The molecule has 0 bridgehead atoms. The quantitative estimate of drug-likeness (QED) is 0.503. The van der Waals surface area contributed by atoms with Crippen molar-refractivity contribution in [3.63, 3.8) is 0 Å². The van der Waals surface area contributed by atoms with Crippen molar-refractivity contribution < 1.29 is 48.0 Å². The number of rotatable bonds is 3. The number of halogens is 2. The van der Waals surface area contributed by atoms with E-state index in [9.17, 15) is 0 Å². The number of allylic oxidation sites excluding steroid dienone is 2. The zero-order chi connectivity index (χ0) is 21.8. The first kappa shape index (κ1) is 28.1. The van der Waals surface area contributed by atoms with Gasteiger partial charge in [-0.05, 0) is 0 Å². The molecule has 0 amide bonds. The Bertz CT molecular complexity index is 1030. The van der Waals surface area contributed by atoms with Crippen molar-refractivity contribution >= 4 is 20.1 Å². The van der Waals surface area contributed by atoms with Crippen LogP contribution in [0, 0.1) is 13.8 Å². The Hall–Kier alpha value is -0.187. The molecule has 0 nitrogen and oxygen atoms in total. The molecule has 2 aromatic carbocycles. The van der Waals surface area contributed by atoms with Gasteiger partial charge in [-0.3, -0.25) is 0 Å². The van der Waals surface area contributed by atoms with Crippen LogP contribution in [-0.4, -0.2) is 10.3 Å². The van der Waals surface area contributed by atoms with Crippen LogP contribution in [0.15, 0.2) is 47.8 Å². The van der Waals surface area contributed by atoms with Crippen molar-refractivity contribution in [1.82, 2.24) is 0 Å². The molecule has 0 aliphatic heterocycles. The van der Waals surface area contributed by atoms with Gasteiger partial charge in [0.2, 0.25) is 0 Å². The summed E-state index contributed by atoms with van der Waals surface area (Å²) in [6.45, 7) is 19.4. The van der Waals surface area contributed by atoms with Crippen LogP contribution < -0.4 is 24.8 Å². The average Bonchev–Trinajstić information content (AvgIpc) is 3.20. The summed E-state index contributed by atoms with van der Waals surface area (Å²) < 4.78 is 1.37. The Balaban J connectivity index is 0.00000181. The van der Waals surface area contributed by atoms with E-state index in [-0.39, 0.29) is 32.7 Å². The Morgan fingerprint density at radius 1 is 0.812 bits per heavy atom. The summed E-state index contributed by atoms with van der Waals surface area (Å²) in [4.78, 5) is 0. The van der Waals surface area contributed by atoms with E-state index in [1.54, 1.807) is 16.4 Å². The topological polar surface area (TPSA) is 0 Å². The van der Waals surface area contributed by atoms with E-state index in [0.29, 0.717) is 17.6 Å². The maximum Gasteiger partial charge on any atom is -1.00 e. The molecule has 4 heteroatoms. The van der Waals surface area contributed by atoms with Crippen LogP contribution in [0.3, 0.4) is 0 Å². The van der Waals surface area contributed by atoms with Crippen LogP contribution in [0.2, 0.25) is 0 Å². The largest absolute Gasteiger partial charge is 1.00 e. The summed E-state index contributed by atoms with van der Waals surface area (Å²) in [6, 6.07) is 13.9. The SMILES string of the molecule is Cc1ccc(C)c2c1C=C[CH]2[Zr+2][CH]1C(P(C(C)(C)C)C(C)(C)C)=Cc2ccccc21.[Cl-].[Cl-]. The Morgan fingerprint density at radius 3 is 2.03 bits per heavy atom. The smallest absolute Gasteiger partial charge is 1.00 e. The summed E-state index contributed by atoms with van der Waals surface area (Å²) in [5.41, 5.74) is 9.17. The minimum absolute atomic E-state index is 0. The first-order valence-electron chi connectivity index (χ1n) is 11.1. The first-order valence-corrected chi connectivity index (χ1v) is 15.3. The summed E-state index contributed by atoms with van der Waals surface area (Å²) in [5.74, 6) is 0. The molecular formula is C28H35Cl2PZr. The zero-order valence-electron chi connectivity index (χ0n) is 20.6. The minimum Gasteiger partial charge on any atom is -1.00 e. The predicted molar refractivity (Wildman–Crippen MR) is 131 cm³/mol. The third kappa shape index (κ3) is 5.23. The second-order valence-corrected chi connectivity index (χ2v) is 18.5. The number of aryl methyl sites for hydroxylation is 2. The molecule has 0 aromatic heterocycles. The van der Waals surface area contributed by atoms with E-state index in [4.69, 9.17) is 0 Å². The van der Waals surface area contributed by atoms with E-state index < -0.39 is 23.2 Å². The summed E-state index contributed by atoms with van der Waals surface area (Å²) in [6.07, 6.45) is 7.57. The fraction of sp³-hybridized carbons (Fsp3) is 0.429. The molecular weight excluding hydrogens is 529 g/mol. The molecule has 0 N–H and O–H groups in total. The molecule has 2 aliphatic carbocycles. The van der Waals surface area contributed by atoms with Gasteiger partial charge in [-0.25, -0.2) is 0 Å². The van der Waals surface area contributed by atoms with Gasteiger partial charge in [-0.2, -0.15) is 0 Å². The van der Waals surface area contributed by atoms with Crippen molar-refractivity contribution in [1.29, 1.82) is 0 Å². The molecule has 2 aromatic rings. The number of fused-ring (bicyclic) bond motifs is 2. The van der Waals surface area contributed by atoms with Crippen molar-refractivity contribution in [3.8, 4) is 0 Å². The third-order valence-electron chi connectivity index (χ3n) is 6.34. The fourth-order valence-corrected chi connectivity index (χ4v) is 15.6. The Kier molecular flexibility index (Phi) is 8.94. The molecule has 0 spiro atoms. The molecule has 0 fully saturated rings. The summed E-state index contributed by atoms with van der Waals surface area (Å²) in [5, 5.41) is 2.41. The summed E-state index contributed by atoms with van der Waals surface area (Å²) >= 11 is -0.798. The maximum atomic E-state index is 2.60. The van der Waals surface area contributed by atoms with E-state index in [1.807, 2.05) is 0 Å². The Labute approximate surface area is 220 Å². The second kappa shape index (κ2) is 10.2. The van der Waals surface area contributed by atoms with E-state index in [1.165, 1.54) is 22.3 Å². The predicted octanol–water partition coefficient (Wildman–Crippen LogP) is 2.64. The van der Waals surface area contributed by atoms with Crippen LogP contribution in [0.5, 0.6) is 0 Å². The molecule has 2 atom stereocenters. The molecule has 0 saturated carbocycles. The van der Waals surface area contributed by atoms with Crippen LogP contribution in [0.25, 0.3) is 12.2 Å². The van der Waals surface area contributed by atoms with Crippen molar-refractivity contribution in [2.45, 2.75) is 73.0 Å². The van der Waals surface area contributed by atoms with Gasteiger partial charge in [0.1, 0.15) is 0 Å². The molecule has 0 heterocycles. The second-order valence-electron chi connectivity index (χ2n) is 10.8.